The maximum absolute atomic E-state index is 14.7. The number of ether oxygens (including phenoxy) is 2. The Labute approximate surface area is 359 Å². The second kappa shape index (κ2) is 16.9. The van der Waals surface area contributed by atoms with Gasteiger partial charge >= 0.3 is 6.18 Å². The van der Waals surface area contributed by atoms with Crippen LogP contribution < -0.4 is 20.5 Å². The van der Waals surface area contributed by atoms with Gasteiger partial charge in [-0.2, -0.15) is 22.7 Å². The summed E-state index contributed by atoms with van der Waals surface area (Å²) in [7, 11) is 0. The van der Waals surface area contributed by atoms with Crippen molar-refractivity contribution >= 4 is 40.6 Å². The fourth-order valence-electron chi connectivity index (χ4n) is 7.93. The van der Waals surface area contributed by atoms with E-state index in [-0.39, 0.29) is 90.2 Å². The number of carbonyl (C=O) groups is 2. The molecule has 0 bridgehead atoms. The van der Waals surface area contributed by atoms with E-state index in [4.69, 9.17) is 31.2 Å². The van der Waals surface area contributed by atoms with Gasteiger partial charge in [0.15, 0.2) is 17.3 Å². The highest BCUT2D eigenvalue weighted by molar-refractivity contribution is 6.33. The third-order valence-electron chi connectivity index (χ3n) is 11.1. The van der Waals surface area contributed by atoms with Gasteiger partial charge < -0.3 is 29.2 Å². The number of nitrogens with zero attached hydrogens (tertiary/aromatic N) is 8. The molecule has 2 amide bonds. The van der Waals surface area contributed by atoms with Crippen LogP contribution in [-0.4, -0.2) is 77.6 Å². The molecular formula is C44H43ClF3N9O5. The van der Waals surface area contributed by atoms with Crippen LogP contribution >= 0.6 is 11.6 Å². The number of piperazine rings is 1. The molecule has 2 aliphatic heterocycles. The fourth-order valence-corrected chi connectivity index (χ4v) is 8.15. The molecule has 2 aliphatic rings. The SMILES string of the molecule is CCc1c(N2CCN(C(=O)c3ncnc(C)c3OCc3ccccc3)CC2)c(=O)n2nc(-c3cccc4c3COC(C)(C)C4)nc2n1CC(=O)Nc1ccc(C(F)(F)F)cc1Cl. The zero-order valence-electron chi connectivity index (χ0n) is 34.4. The summed E-state index contributed by atoms with van der Waals surface area (Å²) in [6.07, 6.45) is -2.37. The standard InChI is InChI=1S/C44H43ClF3N9O5/c1-5-34-37(54-16-18-55(19-17-54)40(59)36-38(26(2)49-25-50-36)61-23-27-10-7-6-8-11-27)41(60)57-42(52-39(53-57)30-13-9-12-28-21-43(3,4)62-24-31(28)30)56(34)22-35(58)51-33-15-14-29(20-32(33)45)44(46,47)48/h6-15,20,25H,5,16-19,21-24H2,1-4H3,(H,51,58). The molecule has 322 valence electrons. The van der Waals surface area contributed by atoms with Gasteiger partial charge in [0.05, 0.1) is 39.9 Å². The molecule has 0 aliphatic carbocycles. The second-order valence-corrected chi connectivity index (χ2v) is 16.2. The van der Waals surface area contributed by atoms with Gasteiger partial charge in [-0.15, -0.1) is 5.10 Å². The lowest BCUT2D eigenvalue weighted by Crippen LogP contribution is -2.51. The van der Waals surface area contributed by atoms with E-state index in [1.165, 1.54) is 10.8 Å². The van der Waals surface area contributed by atoms with Crippen LogP contribution in [0.3, 0.4) is 0 Å². The normalized spacial score (nSPS) is 15.1. The summed E-state index contributed by atoms with van der Waals surface area (Å²) < 4.78 is 55.1. The third-order valence-corrected chi connectivity index (χ3v) is 11.4. The Morgan fingerprint density at radius 3 is 2.47 bits per heavy atom. The summed E-state index contributed by atoms with van der Waals surface area (Å²) in [5.41, 5.74) is 3.11. The lowest BCUT2D eigenvalue weighted by molar-refractivity contribution is -0.137. The molecule has 1 saturated heterocycles. The van der Waals surface area contributed by atoms with Gasteiger partial charge in [-0.05, 0) is 62.1 Å². The van der Waals surface area contributed by atoms with Crippen molar-refractivity contribution in [1.29, 1.82) is 0 Å². The highest BCUT2D eigenvalue weighted by atomic mass is 35.5. The van der Waals surface area contributed by atoms with Gasteiger partial charge in [0.2, 0.25) is 11.7 Å². The molecule has 18 heteroatoms. The number of nitrogens with one attached hydrogen (secondary N) is 1. The van der Waals surface area contributed by atoms with Gasteiger partial charge in [0, 0.05) is 38.2 Å². The highest BCUT2D eigenvalue weighted by Crippen LogP contribution is 2.36. The molecule has 14 nitrogen and oxygen atoms in total. The van der Waals surface area contributed by atoms with E-state index in [1.54, 1.807) is 16.4 Å². The maximum atomic E-state index is 14.7. The van der Waals surface area contributed by atoms with Gasteiger partial charge in [0.1, 0.15) is 25.2 Å². The summed E-state index contributed by atoms with van der Waals surface area (Å²) in [5.74, 6) is -0.346. The van der Waals surface area contributed by atoms with Crippen LogP contribution in [0.2, 0.25) is 5.02 Å². The fraction of sp³-hybridized carbons (Fsp3) is 0.341. The van der Waals surface area contributed by atoms with Crippen molar-refractivity contribution in [2.24, 2.45) is 0 Å². The third kappa shape index (κ3) is 8.46. The lowest BCUT2D eigenvalue weighted by Gasteiger charge is -2.36. The Bertz CT molecular complexity index is 2750. The van der Waals surface area contributed by atoms with Crippen molar-refractivity contribution in [2.75, 3.05) is 36.4 Å². The van der Waals surface area contributed by atoms with E-state index in [0.29, 0.717) is 30.0 Å². The number of benzene rings is 3. The number of amides is 2. The monoisotopic (exact) mass is 869 g/mol. The first kappa shape index (κ1) is 42.4. The first-order valence-corrected chi connectivity index (χ1v) is 20.5. The number of aromatic nitrogens is 6. The summed E-state index contributed by atoms with van der Waals surface area (Å²) in [4.78, 5) is 59.4. The van der Waals surface area contributed by atoms with Crippen molar-refractivity contribution < 1.29 is 32.2 Å². The smallest absolute Gasteiger partial charge is 0.416 e. The number of aryl methyl sites for hydroxylation is 1. The number of hydrogen-bond donors (Lipinski definition) is 1. The minimum atomic E-state index is -4.63. The first-order valence-electron chi connectivity index (χ1n) is 20.1. The summed E-state index contributed by atoms with van der Waals surface area (Å²) in [5, 5.41) is 7.07. The van der Waals surface area contributed by atoms with E-state index >= 15 is 0 Å². The van der Waals surface area contributed by atoms with Crippen molar-refractivity contribution in [1.82, 2.24) is 34.0 Å². The molecule has 0 spiro atoms. The Kier molecular flexibility index (Phi) is 11.5. The molecule has 3 aromatic carbocycles. The summed E-state index contributed by atoms with van der Waals surface area (Å²) >= 11 is 6.21. The number of hydrogen-bond acceptors (Lipinski definition) is 10. The molecule has 0 saturated carbocycles. The Morgan fingerprint density at radius 2 is 1.76 bits per heavy atom. The molecular weight excluding hydrogens is 827 g/mol. The van der Waals surface area contributed by atoms with E-state index in [9.17, 15) is 27.6 Å². The molecule has 0 atom stereocenters. The predicted octanol–water partition coefficient (Wildman–Crippen LogP) is 6.92. The molecule has 6 aromatic rings. The Morgan fingerprint density at radius 1 is 1.00 bits per heavy atom. The molecule has 8 rings (SSSR count). The van der Waals surface area contributed by atoms with E-state index < -0.39 is 29.8 Å². The minimum Gasteiger partial charge on any atom is -0.485 e. The van der Waals surface area contributed by atoms with Gasteiger partial charge in [-0.3, -0.25) is 14.4 Å². The largest absolute Gasteiger partial charge is 0.485 e. The van der Waals surface area contributed by atoms with E-state index in [2.05, 4.69) is 15.3 Å². The Balaban J connectivity index is 1.13. The zero-order valence-corrected chi connectivity index (χ0v) is 35.2. The molecule has 0 unspecified atom stereocenters. The number of alkyl halides is 3. The predicted molar refractivity (Wildman–Crippen MR) is 225 cm³/mol. The molecule has 3 aromatic heterocycles. The van der Waals surface area contributed by atoms with Crippen LogP contribution in [0.15, 0.2) is 77.9 Å². The lowest BCUT2D eigenvalue weighted by atomic mass is 9.89. The number of anilines is 2. The number of halogens is 4. The average Bonchev–Trinajstić information content (AvgIpc) is 3.70. The molecule has 1 fully saturated rings. The van der Waals surface area contributed by atoms with Gasteiger partial charge in [-0.1, -0.05) is 67.1 Å². The van der Waals surface area contributed by atoms with Gasteiger partial charge in [-0.25, -0.2) is 9.97 Å². The van der Waals surface area contributed by atoms with Crippen molar-refractivity contribution in [2.45, 2.75) is 72.1 Å². The zero-order chi connectivity index (χ0) is 43.9. The molecule has 5 heterocycles. The van der Waals surface area contributed by atoms with Crippen LogP contribution in [0.25, 0.3) is 17.2 Å². The van der Waals surface area contributed by atoms with Crippen LogP contribution in [0.1, 0.15) is 64.9 Å². The molecule has 1 N–H and O–H groups in total. The summed E-state index contributed by atoms with van der Waals surface area (Å²) in [6.45, 7) is 8.70. The second-order valence-electron chi connectivity index (χ2n) is 15.8. The van der Waals surface area contributed by atoms with Crippen LogP contribution in [-0.2, 0) is 48.3 Å². The number of carbonyl (C=O) groups excluding carboxylic acids is 2. The van der Waals surface area contributed by atoms with Crippen molar-refractivity contribution in [3.8, 4) is 17.1 Å². The average molecular weight is 870 g/mol. The van der Waals surface area contributed by atoms with Gasteiger partial charge in [0.25, 0.3) is 11.5 Å². The quantitative estimate of drug-likeness (QED) is 0.154. The van der Waals surface area contributed by atoms with Crippen molar-refractivity contribution in [3.63, 3.8) is 0 Å². The minimum absolute atomic E-state index is 0.0192. The van der Waals surface area contributed by atoms with E-state index in [0.717, 1.165) is 34.9 Å². The van der Waals surface area contributed by atoms with Crippen LogP contribution in [0.5, 0.6) is 5.75 Å². The number of fused-ring (bicyclic) bond motifs is 2. The van der Waals surface area contributed by atoms with Crippen LogP contribution in [0, 0.1) is 6.92 Å². The molecule has 0 radical (unpaired) electrons. The van der Waals surface area contributed by atoms with Crippen LogP contribution in [0.4, 0.5) is 24.5 Å². The topological polar surface area (TPSA) is 149 Å². The maximum Gasteiger partial charge on any atom is 0.416 e. The number of rotatable bonds is 10. The summed E-state index contributed by atoms with van der Waals surface area (Å²) in [6, 6.07) is 18.0. The van der Waals surface area contributed by atoms with Crippen molar-refractivity contribution in [3.05, 3.63) is 128 Å². The highest BCUT2D eigenvalue weighted by Gasteiger charge is 2.34. The molecule has 62 heavy (non-hydrogen) atoms. The van der Waals surface area contributed by atoms with E-state index in [1.807, 2.05) is 74.2 Å². The Hall–Kier alpha value is -6.33. The first-order chi connectivity index (χ1) is 29.6.